The lowest BCUT2D eigenvalue weighted by molar-refractivity contribution is -0.126. The summed E-state index contributed by atoms with van der Waals surface area (Å²) in [6, 6.07) is 2.38. The SMILES string of the molecule is CC(C)C[C@H](O)[C@H](O)[C@H](CC1CCCCC1)NC(=O)[C@H](Cc1cccs1)NC(=O)OC(C)(C)C. The van der Waals surface area contributed by atoms with Crippen LogP contribution < -0.4 is 10.6 Å². The van der Waals surface area contributed by atoms with Crippen LogP contribution in [0.1, 0.15) is 84.4 Å². The number of carbonyl (C=O) groups excluding carboxylic acids is 2. The maximum Gasteiger partial charge on any atom is 0.408 e. The van der Waals surface area contributed by atoms with Crippen LogP contribution in [0.5, 0.6) is 0 Å². The predicted octanol–water partition coefficient (Wildman–Crippen LogP) is 4.41. The molecule has 0 saturated heterocycles. The lowest BCUT2D eigenvalue weighted by atomic mass is 9.82. The van der Waals surface area contributed by atoms with Crippen LogP contribution in [0, 0.1) is 11.8 Å². The van der Waals surface area contributed by atoms with Crippen LogP contribution in [0.25, 0.3) is 0 Å². The number of nitrogens with one attached hydrogen (secondary N) is 2. The standard InChI is InChI=1S/C26H44N2O5S/c1-17(2)14-22(29)23(30)20(15-18-10-7-6-8-11-18)27-24(31)21(16-19-12-9-13-34-19)28-25(32)33-26(3,4)5/h9,12-13,17-18,20-23,29-30H,6-8,10-11,14-16H2,1-5H3,(H,27,31)(H,28,32)/t20-,21-,22-,23+/m0/s1. The Balaban J connectivity index is 2.16. The molecule has 1 aliphatic carbocycles. The van der Waals surface area contributed by atoms with E-state index in [1.165, 1.54) is 17.8 Å². The van der Waals surface area contributed by atoms with Crippen LogP contribution in [-0.2, 0) is 16.0 Å². The van der Waals surface area contributed by atoms with Gasteiger partial charge in [0.15, 0.2) is 0 Å². The summed E-state index contributed by atoms with van der Waals surface area (Å²) in [5.74, 6) is 0.237. The third-order valence-electron chi connectivity index (χ3n) is 6.15. The van der Waals surface area contributed by atoms with Gasteiger partial charge in [0.1, 0.15) is 17.7 Å². The first kappa shape index (κ1) is 28.6. The highest BCUT2D eigenvalue weighted by Gasteiger charge is 2.33. The van der Waals surface area contributed by atoms with Crippen LogP contribution in [0.15, 0.2) is 17.5 Å². The minimum atomic E-state index is -1.07. The molecule has 0 radical (unpaired) electrons. The Labute approximate surface area is 208 Å². The fourth-order valence-corrected chi connectivity index (χ4v) is 5.28. The summed E-state index contributed by atoms with van der Waals surface area (Å²) in [7, 11) is 0. The first-order valence-corrected chi connectivity index (χ1v) is 13.5. The lowest BCUT2D eigenvalue weighted by Gasteiger charge is -2.33. The van der Waals surface area contributed by atoms with Gasteiger partial charge in [-0.15, -0.1) is 11.3 Å². The maximum absolute atomic E-state index is 13.4. The van der Waals surface area contributed by atoms with Crippen molar-refractivity contribution in [3.63, 3.8) is 0 Å². The van der Waals surface area contributed by atoms with Crippen LogP contribution in [0.4, 0.5) is 4.79 Å². The summed E-state index contributed by atoms with van der Waals surface area (Å²) in [5.41, 5.74) is -0.686. The van der Waals surface area contributed by atoms with Gasteiger partial charge in [-0.3, -0.25) is 4.79 Å². The number of ether oxygens (including phenoxy) is 1. The molecule has 1 fully saturated rings. The summed E-state index contributed by atoms with van der Waals surface area (Å²) in [6.45, 7) is 9.30. The molecule has 2 rings (SSSR count). The molecule has 0 bridgehead atoms. The molecule has 1 aromatic rings. The average Bonchev–Trinajstić information content (AvgIpc) is 3.24. The van der Waals surface area contributed by atoms with E-state index in [4.69, 9.17) is 4.74 Å². The van der Waals surface area contributed by atoms with Crippen molar-refractivity contribution in [3.05, 3.63) is 22.4 Å². The molecule has 8 heteroatoms. The zero-order valence-electron chi connectivity index (χ0n) is 21.4. The summed E-state index contributed by atoms with van der Waals surface area (Å²) >= 11 is 1.51. The fourth-order valence-electron chi connectivity index (χ4n) is 4.53. The molecule has 194 valence electrons. The quantitative estimate of drug-likeness (QED) is 0.363. The average molecular weight is 497 g/mol. The molecule has 1 saturated carbocycles. The van der Waals surface area contributed by atoms with Crippen molar-refractivity contribution in [3.8, 4) is 0 Å². The van der Waals surface area contributed by atoms with Gasteiger partial charge >= 0.3 is 6.09 Å². The number of hydrogen-bond donors (Lipinski definition) is 4. The minimum absolute atomic E-state index is 0.219. The van der Waals surface area contributed by atoms with E-state index in [2.05, 4.69) is 10.6 Å². The molecule has 2 amide bonds. The second-order valence-corrected chi connectivity index (χ2v) is 12.1. The summed E-state index contributed by atoms with van der Waals surface area (Å²) in [4.78, 5) is 26.8. The van der Waals surface area contributed by atoms with Crippen LogP contribution in [0.3, 0.4) is 0 Å². The van der Waals surface area contributed by atoms with E-state index >= 15 is 0 Å². The summed E-state index contributed by atoms with van der Waals surface area (Å²) < 4.78 is 5.38. The molecule has 0 aromatic carbocycles. The molecule has 4 N–H and O–H groups in total. The van der Waals surface area contributed by atoms with E-state index in [1.54, 1.807) is 20.8 Å². The molecule has 34 heavy (non-hydrogen) atoms. The Kier molecular flexibility index (Phi) is 11.3. The molecule has 1 heterocycles. The second kappa shape index (κ2) is 13.4. The normalized spacial score (nSPS) is 18.7. The van der Waals surface area contributed by atoms with Gasteiger partial charge in [0, 0.05) is 11.3 Å². The Morgan fingerprint density at radius 3 is 2.38 bits per heavy atom. The maximum atomic E-state index is 13.4. The molecule has 4 atom stereocenters. The van der Waals surface area contributed by atoms with Gasteiger partial charge in [-0.2, -0.15) is 0 Å². The second-order valence-electron chi connectivity index (χ2n) is 11.0. The Bertz CT molecular complexity index is 741. The lowest BCUT2D eigenvalue weighted by Crippen LogP contribution is -2.56. The van der Waals surface area contributed by atoms with Crippen molar-refractivity contribution in [2.24, 2.45) is 11.8 Å². The van der Waals surface area contributed by atoms with Gasteiger partial charge in [0.2, 0.25) is 5.91 Å². The Morgan fingerprint density at radius 1 is 1.15 bits per heavy atom. The van der Waals surface area contributed by atoms with Gasteiger partial charge in [-0.05, 0) is 56.9 Å². The number of hydrogen-bond acceptors (Lipinski definition) is 6. The molecule has 0 unspecified atom stereocenters. The highest BCUT2D eigenvalue weighted by atomic mass is 32.1. The highest BCUT2D eigenvalue weighted by molar-refractivity contribution is 7.09. The molecule has 1 aromatic heterocycles. The topological polar surface area (TPSA) is 108 Å². The summed E-state index contributed by atoms with van der Waals surface area (Å²) in [6.07, 6.45) is 4.37. The number of carbonyl (C=O) groups is 2. The molecule has 7 nitrogen and oxygen atoms in total. The largest absolute Gasteiger partial charge is 0.444 e. The van der Waals surface area contributed by atoms with Crippen LogP contribution in [-0.4, -0.2) is 52.1 Å². The van der Waals surface area contributed by atoms with Gasteiger partial charge < -0.3 is 25.6 Å². The minimum Gasteiger partial charge on any atom is -0.444 e. The smallest absolute Gasteiger partial charge is 0.408 e. The van der Waals surface area contributed by atoms with E-state index in [0.717, 1.165) is 30.6 Å². The van der Waals surface area contributed by atoms with Gasteiger partial charge in [-0.1, -0.05) is 52.0 Å². The zero-order chi connectivity index (χ0) is 25.3. The Morgan fingerprint density at radius 2 is 1.82 bits per heavy atom. The van der Waals surface area contributed by atoms with Gasteiger partial charge in [-0.25, -0.2) is 4.79 Å². The van der Waals surface area contributed by atoms with Crippen molar-refractivity contribution >= 4 is 23.3 Å². The molecule has 0 aliphatic heterocycles. The molecular formula is C26H44N2O5S. The molecular weight excluding hydrogens is 452 g/mol. The number of thiophene rings is 1. The van der Waals surface area contributed by atoms with Crippen molar-refractivity contribution in [1.82, 2.24) is 10.6 Å². The first-order chi connectivity index (χ1) is 15.9. The number of rotatable bonds is 11. The predicted molar refractivity (Wildman–Crippen MR) is 136 cm³/mol. The third kappa shape index (κ3) is 10.3. The van der Waals surface area contributed by atoms with E-state index in [1.807, 2.05) is 31.4 Å². The van der Waals surface area contributed by atoms with Crippen LogP contribution in [0.2, 0.25) is 0 Å². The van der Waals surface area contributed by atoms with Crippen LogP contribution >= 0.6 is 11.3 Å². The Hall–Kier alpha value is -1.64. The first-order valence-electron chi connectivity index (χ1n) is 12.6. The highest BCUT2D eigenvalue weighted by Crippen LogP contribution is 2.29. The van der Waals surface area contributed by atoms with Crippen molar-refractivity contribution < 1.29 is 24.5 Å². The fraction of sp³-hybridized carbons (Fsp3) is 0.769. The van der Waals surface area contributed by atoms with Crippen molar-refractivity contribution in [1.29, 1.82) is 0 Å². The van der Waals surface area contributed by atoms with Gasteiger partial charge in [0.25, 0.3) is 0 Å². The monoisotopic (exact) mass is 496 g/mol. The van der Waals surface area contributed by atoms with Crippen molar-refractivity contribution in [2.75, 3.05) is 0 Å². The molecule has 1 aliphatic rings. The van der Waals surface area contributed by atoms with E-state index in [-0.39, 0.29) is 11.8 Å². The zero-order valence-corrected chi connectivity index (χ0v) is 22.2. The van der Waals surface area contributed by atoms with Gasteiger partial charge in [0.05, 0.1) is 12.1 Å². The van der Waals surface area contributed by atoms with E-state index in [0.29, 0.717) is 25.2 Å². The molecule has 0 spiro atoms. The number of aliphatic hydroxyl groups excluding tert-OH is 2. The van der Waals surface area contributed by atoms with Crippen molar-refractivity contribution in [2.45, 2.75) is 116 Å². The third-order valence-corrected chi connectivity index (χ3v) is 7.05. The number of alkyl carbamates (subject to hydrolysis) is 1. The number of amides is 2. The summed E-state index contributed by atoms with van der Waals surface area (Å²) in [5, 5.41) is 29.3. The number of aliphatic hydroxyl groups is 2. The van der Waals surface area contributed by atoms with E-state index in [9.17, 15) is 19.8 Å². The van der Waals surface area contributed by atoms with E-state index < -0.39 is 36.0 Å².